The van der Waals surface area contributed by atoms with Gasteiger partial charge in [0.2, 0.25) is 0 Å². The van der Waals surface area contributed by atoms with Gasteiger partial charge in [-0.25, -0.2) is 4.79 Å². The van der Waals surface area contributed by atoms with E-state index in [4.69, 9.17) is 5.73 Å². The number of hydrogen-bond acceptors (Lipinski definition) is 2. The van der Waals surface area contributed by atoms with Gasteiger partial charge in [0, 0.05) is 22.0 Å². The Labute approximate surface area is 115 Å². The van der Waals surface area contributed by atoms with Crippen molar-refractivity contribution in [2.24, 2.45) is 5.73 Å². The second kappa shape index (κ2) is 6.61. The highest BCUT2D eigenvalue weighted by Gasteiger charge is 2.09. The van der Waals surface area contributed by atoms with Crippen molar-refractivity contribution in [3.8, 4) is 0 Å². The molecule has 1 rings (SSSR count). The van der Waals surface area contributed by atoms with Gasteiger partial charge in [-0.1, -0.05) is 15.9 Å². The van der Waals surface area contributed by atoms with Gasteiger partial charge in [-0.15, -0.1) is 0 Å². The van der Waals surface area contributed by atoms with Crippen molar-refractivity contribution in [1.82, 2.24) is 10.6 Å². The third-order valence-corrected chi connectivity index (χ3v) is 3.07. The normalized spacial score (nSPS) is 9.76. The molecule has 4 N–H and O–H groups in total. The van der Waals surface area contributed by atoms with Crippen LogP contribution in [0.5, 0.6) is 0 Å². The van der Waals surface area contributed by atoms with E-state index in [0.29, 0.717) is 23.1 Å². The van der Waals surface area contributed by atoms with Crippen LogP contribution in [0, 0.1) is 0 Å². The van der Waals surface area contributed by atoms with Gasteiger partial charge in [-0.2, -0.15) is 0 Å². The molecule has 0 bridgehead atoms. The van der Waals surface area contributed by atoms with E-state index in [1.165, 1.54) is 0 Å². The third-order valence-electron chi connectivity index (χ3n) is 1.88. The summed E-state index contributed by atoms with van der Waals surface area (Å²) in [5.74, 6) is -0.218. The maximum atomic E-state index is 11.8. The fraction of sp³-hybridized carbons (Fsp3) is 0.200. The average molecular weight is 365 g/mol. The highest BCUT2D eigenvalue weighted by molar-refractivity contribution is 9.11. The van der Waals surface area contributed by atoms with Crippen molar-refractivity contribution in [2.45, 2.75) is 0 Å². The van der Waals surface area contributed by atoms with Crippen LogP contribution in [0.25, 0.3) is 0 Å². The monoisotopic (exact) mass is 363 g/mol. The second-order valence-electron chi connectivity index (χ2n) is 3.17. The zero-order valence-corrected chi connectivity index (χ0v) is 12.0. The minimum absolute atomic E-state index is 0.218. The summed E-state index contributed by atoms with van der Waals surface area (Å²) in [7, 11) is 0. The molecule has 0 aliphatic rings. The summed E-state index contributed by atoms with van der Waals surface area (Å²) >= 11 is 6.58. The van der Waals surface area contributed by atoms with E-state index in [9.17, 15) is 9.59 Å². The summed E-state index contributed by atoms with van der Waals surface area (Å²) in [5.41, 5.74) is 5.41. The van der Waals surface area contributed by atoms with Gasteiger partial charge in [0.25, 0.3) is 5.91 Å². The van der Waals surface area contributed by atoms with Crippen LogP contribution in [-0.4, -0.2) is 25.0 Å². The van der Waals surface area contributed by atoms with Crippen LogP contribution >= 0.6 is 31.9 Å². The Kier molecular flexibility index (Phi) is 5.43. The first-order valence-corrected chi connectivity index (χ1v) is 6.36. The number of hydrogen-bond donors (Lipinski definition) is 3. The van der Waals surface area contributed by atoms with Crippen LogP contribution in [0.3, 0.4) is 0 Å². The van der Waals surface area contributed by atoms with Gasteiger partial charge < -0.3 is 16.4 Å². The molecule has 0 atom stereocenters. The minimum Gasteiger partial charge on any atom is -0.352 e. The number of carbonyl (C=O) groups excluding carboxylic acids is 2. The maximum absolute atomic E-state index is 11.8. The fourth-order valence-electron chi connectivity index (χ4n) is 1.13. The Balaban J connectivity index is 2.52. The molecule has 1 aromatic rings. The van der Waals surface area contributed by atoms with Gasteiger partial charge >= 0.3 is 6.03 Å². The molecule has 92 valence electrons. The average Bonchev–Trinajstić information content (AvgIpc) is 2.27. The Morgan fingerprint density at radius 3 is 2.47 bits per heavy atom. The highest BCUT2D eigenvalue weighted by atomic mass is 79.9. The molecule has 3 amide bonds. The molecule has 0 aliphatic heterocycles. The van der Waals surface area contributed by atoms with Gasteiger partial charge in [-0.05, 0) is 34.1 Å². The first kappa shape index (κ1) is 14.0. The molecular weight excluding hydrogens is 354 g/mol. The van der Waals surface area contributed by atoms with Crippen LogP contribution in [0.1, 0.15) is 10.4 Å². The van der Waals surface area contributed by atoms with Crippen molar-refractivity contribution in [3.63, 3.8) is 0 Å². The summed E-state index contributed by atoms with van der Waals surface area (Å²) < 4.78 is 1.53. The van der Waals surface area contributed by atoms with Gasteiger partial charge in [-0.3, -0.25) is 4.79 Å². The number of amides is 3. The molecule has 0 heterocycles. The number of carbonyl (C=O) groups is 2. The van der Waals surface area contributed by atoms with Gasteiger partial charge in [0.1, 0.15) is 0 Å². The standard InChI is InChI=1S/C10H11Br2N3O2/c11-6-1-2-8(12)7(5-6)9(16)14-3-4-15-10(13)17/h1-2,5H,3-4H2,(H,14,16)(H3,13,15,17). The second-order valence-corrected chi connectivity index (χ2v) is 4.94. The molecule has 0 aliphatic carbocycles. The van der Waals surface area contributed by atoms with Crippen molar-refractivity contribution >= 4 is 43.8 Å². The first-order chi connectivity index (χ1) is 8.00. The lowest BCUT2D eigenvalue weighted by Gasteiger charge is -2.07. The summed E-state index contributed by atoms with van der Waals surface area (Å²) in [5, 5.41) is 5.04. The molecule has 0 saturated carbocycles. The highest BCUT2D eigenvalue weighted by Crippen LogP contribution is 2.21. The quantitative estimate of drug-likeness (QED) is 0.709. The predicted octanol–water partition coefficient (Wildman–Crippen LogP) is 1.61. The minimum atomic E-state index is -0.608. The van der Waals surface area contributed by atoms with Crippen molar-refractivity contribution in [1.29, 1.82) is 0 Å². The largest absolute Gasteiger partial charge is 0.352 e. The van der Waals surface area contributed by atoms with Crippen molar-refractivity contribution in [3.05, 3.63) is 32.7 Å². The molecule has 7 heteroatoms. The van der Waals surface area contributed by atoms with E-state index in [-0.39, 0.29) is 5.91 Å². The van der Waals surface area contributed by atoms with Crippen LogP contribution in [0.4, 0.5) is 4.79 Å². The van der Waals surface area contributed by atoms with E-state index >= 15 is 0 Å². The third kappa shape index (κ3) is 4.74. The zero-order valence-electron chi connectivity index (χ0n) is 8.80. The number of halogens is 2. The topological polar surface area (TPSA) is 84.2 Å². The predicted molar refractivity (Wildman–Crippen MR) is 71.8 cm³/mol. The molecular formula is C10H11Br2N3O2. The maximum Gasteiger partial charge on any atom is 0.312 e. The Morgan fingerprint density at radius 2 is 1.82 bits per heavy atom. The molecule has 0 radical (unpaired) electrons. The van der Waals surface area contributed by atoms with Gasteiger partial charge in [0.15, 0.2) is 0 Å². The van der Waals surface area contributed by atoms with E-state index in [0.717, 1.165) is 4.47 Å². The molecule has 0 aromatic heterocycles. The van der Waals surface area contributed by atoms with E-state index in [1.807, 2.05) is 6.07 Å². The van der Waals surface area contributed by atoms with Crippen LogP contribution in [-0.2, 0) is 0 Å². The van der Waals surface area contributed by atoms with E-state index in [2.05, 4.69) is 42.5 Å². The molecule has 17 heavy (non-hydrogen) atoms. The van der Waals surface area contributed by atoms with Crippen molar-refractivity contribution < 1.29 is 9.59 Å². The fourth-order valence-corrected chi connectivity index (χ4v) is 1.92. The summed E-state index contributed by atoms with van der Waals surface area (Å²) in [6.07, 6.45) is 0. The summed E-state index contributed by atoms with van der Waals surface area (Å²) in [4.78, 5) is 22.2. The molecule has 0 unspecified atom stereocenters. The van der Waals surface area contributed by atoms with Crippen LogP contribution in [0.2, 0.25) is 0 Å². The SMILES string of the molecule is NC(=O)NCCNC(=O)c1cc(Br)ccc1Br. The Morgan fingerprint density at radius 1 is 1.18 bits per heavy atom. The number of nitrogens with two attached hydrogens (primary N) is 1. The van der Waals surface area contributed by atoms with Crippen molar-refractivity contribution in [2.75, 3.05) is 13.1 Å². The lowest BCUT2D eigenvalue weighted by atomic mass is 10.2. The van der Waals surface area contributed by atoms with Crippen LogP contribution in [0.15, 0.2) is 27.1 Å². The number of rotatable bonds is 4. The number of benzene rings is 1. The molecule has 0 spiro atoms. The smallest absolute Gasteiger partial charge is 0.312 e. The number of primary amides is 1. The van der Waals surface area contributed by atoms with E-state index in [1.54, 1.807) is 12.1 Å². The first-order valence-electron chi connectivity index (χ1n) is 4.77. The Hall–Kier alpha value is -1.08. The molecule has 0 fully saturated rings. The molecule has 5 nitrogen and oxygen atoms in total. The summed E-state index contributed by atoms with van der Waals surface area (Å²) in [6.45, 7) is 0.618. The van der Waals surface area contributed by atoms with Crippen LogP contribution < -0.4 is 16.4 Å². The van der Waals surface area contributed by atoms with E-state index < -0.39 is 6.03 Å². The number of urea groups is 1. The number of nitrogens with one attached hydrogen (secondary N) is 2. The Bertz CT molecular complexity index is 438. The molecule has 0 saturated heterocycles. The zero-order chi connectivity index (χ0) is 12.8. The lowest BCUT2D eigenvalue weighted by Crippen LogP contribution is -2.37. The van der Waals surface area contributed by atoms with Gasteiger partial charge in [0.05, 0.1) is 5.56 Å². The summed E-state index contributed by atoms with van der Waals surface area (Å²) in [6, 6.07) is 4.71. The lowest BCUT2D eigenvalue weighted by molar-refractivity contribution is 0.0953. The molecule has 1 aromatic carbocycles.